The predicted octanol–water partition coefficient (Wildman–Crippen LogP) is 4.21. The Morgan fingerprint density at radius 3 is 2.44 bits per heavy atom. The molecule has 178 valence electrons. The molecule has 1 aliphatic carbocycles. The van der Waals surface area contributed by atoms with E-state index in [9.17, 15) is 14.9 Å². The Bertz CT molecular complexity index is 1060. The minimum Gasteiger partial charge on any atom is -0.489 e. The first-order valence-corrected chi connectivity index (χ1v) is 11.7. The summed E-state index contributed by atoms with van der Waals surface area (Å²) in [6.45, 7) is 5.80. The van der Waals surface area contributed by atoms with Crippen LogP contribution in [0.15, 0.2) is 54.6 Å². The Hall–Kier alpha value is -3.53. The number of nitrogens with one attached hydrogen (secondary N) is 1. The molecule has 2 fully saturated rings. The second-order valence-corrected chi connectivity index (χ2v) is 10.0. The van der Waals surface area contributed by atoms with E-state index in [1.165, 1.54) is 0 Å². The number of piperidine rings is 1. The summed E-state index contributed by atoms with van der Waals surface area (Å²) in [4.78, 5) is 27.6. The van der Waals surface area contributed by atoms with Crippen LogP contribution in [0.3, 0.4) is 0 Å². The molecule has 0 radical (unpaired) electrons. The van der Waals surface area contributed by atoms with Gasteiger partial charge >= 0.3 is 6.09 Å². The van der Waals surface area contributed by atoms with Gasteiger partial charge in [0.2, 0.25) is 5.91 Å². The van der Waals surface area contributed by atoms with E-state index in [1.807, 2.05) is 54.6 Å². The van der Waals surface area contributed by atoms with Gasteiger partial charge in [0, 0.05) is 12.5 Å². The van der Waals surface area contributed by atoms with E-state index in [1.54, 1.807) is 25.7 Å². The second-order valence-electron chi connectivity index (χ2n) is 10.0. The minimum absolute atomic E-state index is 0.105. The third kappa shape index (κ3) is 5.88. The van der Waals surface area contributed by atoms with E-state index >= 15 is 0 Å². The number of alkyl carbamates (subject to hydrolysis) is 1. The van der Waals surface area contributed by atoms with Crippen LogP contribution in [0.1, 0.15) is 44.7 Å². The van der Waals surface area contributed by atoms with E-state index < -0.39 is 23.8 Å². The number of fused-ring (bicyclic) bond motifs is 1. The lowest BCUT2D eigenvalue weighted by Gasteiger charge is -2.29. The number of ether oxygens (including phenoxy) is 2. The maximum Gasteiger partial charge on any atom is 0.408 e. The minimum atomic E-state index is -0.818. The summed E-state index contributed by atoms with van der Waals surface area (Å²) in [5, 5.41) is 12.3. The van der Waals surface area contributed by atoms with Gasteiger partial charge in [-0.2, -0.15) is 5.26 Å². The van der Waals surface area contributed by atoms with E-state index in [2.05, 4.69) is 11.4 Å². The molecular weight excluding hydrogens is 430 g/mol. The molecule has 4 rings (SSSR count). The summed E-state index contributed by atoms with van der Waals surface area (Å²) in [7, 11) is 0. The predicted molar refractivity (Wildman–Crippen MR) is 127 cm³/mol. The lowest BCUT2D eigenvalue weighted by Crippen LogP contribution is -2.52. The number of carbonyl (C=O) groups excluding carboxylic acids is 2. The summed E-state index contributed by atoms with van der Waals surface area (Å²) in [6, 6.07) is 18.5. The monoisotopic (exact) mass is 461 g/mol. The van der Waals surface area contributed by atoms with Gasteiger partial charge in [0.15, 0.2) is 0 Å². The smallest absolute Gasteiger partial charge is 0.408 e. The fraction of sp³-hybridized carbons (Fsp3) is 0.444. The zero-order valence-electron chi connectivity index (χ0n) is 19.9. The van der Waals surface area contributed by atoms with Crippen molar-refractivity contribution in [2.75, 3.05) is 0 Å². The van der Waals surface area contributed by atoms with Crippen molar-refractivity contribution >= 4 is 12.0 Å². The van der Waals surface area contributed by atoms with Crippen LogP contribution in [-0.4, -0.2) is 40.6 Å². The van der Waals surface area contributed by atoms with Crippen molar-refractivity contribution in [3.8, 4) is 11.8 Å². The number of hydrogen-bond acceptors (Lipinski definition) is 5. The van der Waals surface area contributed by atoms with Crippen molar-refractivity contribution < 1.29 is 19.1 Å². The molecule has 1 saturated carbocycles. The molecule has 1 saturated heterocycles. The van der Waals surface area contributed by atoms with Crippen LogP contribution in [-0.2, 0) is 22.6 Å². The molecular formula is C27H31N3O4. The van der Waals surface area contributed by atoms with Gasteiger partial charge in [-0.3, -0.25) is 4.79 Å². The number of rotatable bonds is 7. The van der Waals surface area contributed by atoms with Gasteiger partial charge in [-0.05, 0) is 62.8 Å². The van der Waals surface area contributed by atoms with Gasteiger partial charge in [-0.1, -0.05) is 42.5 Å². The highest BCUT2D eigenvalue weighted by atomic mass is 16.6. The van der Waals surface area contributed by atoms with E-state index in [0.29, 0.717) is 25.4 Å². The molecule has 1 N–H and O–H groups in total. The lowest BCUT2D eigenvalue weighted by molar-refractivity contribution is -0.134. The van der Waals surface area contributed by atoms with Crippen LogP contribution in [0.4, 0.5) is 4.79 Å². The number of amides is 2. The van der Waals surface area contributed by atoms with Crippen LogP contribution in [0, 0.1) is 17.2 Å². The molecule has 2 aromatic carbocycles. The van der Waals surface area contributed by atoms with Crippen LogP contribution in [0.5, 0.6) is 5.75 Å². The Morgan fingerprint density at radius 2 is 1.79 bits per heavy atom. The molecule has 1 heterocycles. The molecule has 1 aliphatic heterocycles. The number of hydrogen-bond donors (Lipinski definition) is 1. The van der Waals surface area contributed by atoms with Crippen molar-refractivity contribution in [2.45, 2.75) is 70.4 Å². The van der Waals surface area contributed by atoms with Crippen molar-refractivity contribution in [2.24, 2.45) is 5.92 Å². The number of nitrogens with zero attached hydrogens (tertiary/aromatic N) is 2. The third-order valence-electron chi connectivity index (χ3n) is 6.11. The van der Waals surface area contributed by atoms with Gasteiger partial charge in [-0.15, -0.1) is 0 Å². The Morgan fingerprint density at radius 1 is 1.09 bits per heavy atom. The van der Waals surface area contributed by atoms with Crippen LogP contribution in [0.25, 0.3) is 0 Å². The maximum atomic E-state index is 13.5. The molecule has 0 spiro atoms. The zero-order chi connectivity index (χ0) is 24.3. The quantitative estimate of drug-likeness (QED) is 0.667. The molecule has 4 atom stereocenters. The standard InChI is InChI=1S/C27H31N3O4/c1-27(2,3)34-26(32)29-23(25(31)30-21(16-28)14-20-15-24(20)30)13-18-9-11-22(12-10-18)33-17-19-7-5-4-6-8-19/h4-12,20-21,23-24H,13-15,17H2,1-3H3,(H,29,32)/t20-,21?,23?,24+/m1/s1. The van der Waals surface area contributed by atoms with Crippen molar-refractivity contribution in [1.29, 1.82) is 5.26 Å². The van der Waals surface area contributed by atoms with Crippen LogP contribution in [0.2, 0.25) is 0 Å². The van der Waals surface area contributed by atoms with Crippen LogP contribution < -0.4 is 10.1 Å². The van der Waals surface area contributed by atoms with E-state index in [-0.39, 0.29) is 11.9 Å². The molecule has 2 amide bonds. The fourth-order valence-corrected chi connectivity index (χ4v) is 4.42. The topological polar surface area (TPSA) is 91.7 Å². The van der Waals surface area contributed by atoms with Gasteiger partial charge in [0.25, 0.3) is 0 Å². The summed E-state index contributed by atoms with van der Waals surface area (Å²) in [6.07, 6.45) is 1.28. The highest BCUT2D eigenvalue weighted by Gasteiger charge is 2.55. The second kappa shape index (κ2) is 9.76. The first-order valence-electron chi connectivity index (χ1n) is 11.7. The Kier molecular flexibility index (Phi) is 6.78. The highest BCUT2D eigenvalue weighted by molar-refractivity contribution is 5.87. The number of nitriles is 1. The molecule has 7 nitrogen and oxygen atoms in total. The average molecular weight is 462 g/mol. The van der Waals surface area contributed by atoms with Crippen molar-refractivity contribution in [3.05, 3.63) is 65.7 Å². The third-order valence-corrected chi connectivity index (χ3v) is 6.11. The summed E-state index contributed by atoms with van der Waals surface area (Å²) in [5.74, 6) is 0.893. The SMILES string of the molecule is CC(C)(C)OC(=O)NC(Cc1ccc(OCc2ccccc2)cc1)C(=O)N1C(C#N)C[C@@H]2C[C@@H]21. The molecule has 34 heavy (non-hydrogen) atoms. The summed E-state index contributed by atoms with van der Waals surface area (Å²) < 4.78 is 11.2. The zero-order valence-corrected chi connectivity index (χ0v) is 19.9. The molecule has 2 unspecified atom stereocenters. The van der Waals surface area contributed by atoms with E-state index in [0.717, 1.165) is 23.3 Å². The Balaban J connectivity index is 1.44. The van der Waals surface area contributed by atoms with Gasteiger partial charge in [-0.25, -0.2) is 4.79 Å². The molecule has 0 bridgehead atoms. The number of carbonyl (C=O) groups is 2. The van der Waals surface area contributed by atoms with Crippen LogP contribution >= 0.6 is 0 Å². The first kappa shape index (κ1) is 23.6. The summed E-state index contributed by atoms with van der Waals surface area (Å²) in [5.41, 5.74) is 1.27. The molecule has 2 aliphatic rings. The Labute approximate surface area is 200 Å². The largest absolute Gasteiger partial charge is 0.489 e. The van der Waals surface area contributed by atoms with Gasteiger partial charge in [0.1, 0.15) is 30.0 Å². The highest BCUT2D eigenvalue weighted by Crippen LogP contribution is 2.47. The molecule has 7 heteroatoms. The summed E-state index contributed by atoms with van der Waals surface area (Å²) >= 11 is 0. The van der Waals surface area contributed by atoms with Gasteiger partial charge in [0.05, 0.1) is 6.07 Å². The average Bonchev–Trinajstić information content (AvgIpc) is 3.46. The molecule has 2 aromatic rings. The fourth-order valence-electron chi connectivity index (χ4n) is 4.42. The number of benzene rings is 2. The van der Waals surface area contributed by atoms with Crippen molar-refractivity contribution in [3.63, 3.8) is 0 Å². The van der Waals surface area contributed by atoms with Gasteiger partial charge < -0.3 is 19.7 Å². The van der Waals surface area contributed by atoms with Crippen molar-refractivity contribution in [1.82, 2.24) is 10.2 Å². The maximum absolute atomic E-state index is 13.5. The number of likely N-dealkylation sites (tertiary alicyclic amines) is 1. The molecule has 0 aromatic heterocycles. The first-order chi connectivity index (χ1) is 16.2. The van der Waals surface area contributed by atoms with E-state index in [4.69, 9.17) is 9.47 Å². The normalized spacial score (nSPS) is 21.7. The lowest BCUT2D eigenvalue weighted by atomic mass is 10.0.